The molecule has 1 amide bonds. The van der Waals surface area contributed by atoms with Crippen LogP contribution in [0, 0.1) is 4.64 Å². The van der Waals surface area contributed by atoms with E-state index in [1.165, 1.54) is 0 Å². The molecule has 2 aromatic rings. The monoisotopic (exact) mass is 316 g/mol. The molecule has 1 saturated heterocycles. The van der Waals surface area contributed by atoms with Gasteiger partial charge in [0.05, 0.1) is 30.7 Å². The van der Waals surface area contributed by atoms with Crippen molar-refractivity contribution in [3.8, 4) is 0 Å². The van der Waals surface area contributed by atoms with Crippen molar-refractivity contribution in [1.29, 1.82) is 0 Å². The molecule has 1 aliphatic rings. The summed E-state index contributed by atoms with van der Waals surface area (Å²) in [7, 11) is 0. The number of hydrogen-bond acceptors (Lipinski definition) is 5. The topological polar surface area (TPSA) is 70.2 Å². The number of nitrogens with one attached hydrogen (secondary N) is 2. The minimum atomic E-state index is -0.247. The van der Waals surface area contributed by atoms with Gasteiger partial charge in [-0.25, -0.2) is 4.98 Å². The van der Waals surface area contributed by atoms with Crippen LogP contribution < -0.4 is 10.2 Å². The molecule has 6 nitrogen and oxygen atoms in total. The molecular formula is C15H16N4O2S. The lowest BCUT2D eigenvalue weighted by atomic mass is 10.2. The van der Waals surface area contributed by atoms with E-state index in [-0.39, 0.29) is 5.91 Å². The Labute approximate surface area is 133 Å². The van der Waals surface area contributed by atoms with Gasteiger partial charge in [-0.2, -0.15) is 0 Å². The van der Waals surface area contributed by atoms with Gasteiger partial charge in [-0.15, -0.1) is 0 Å². The lowest BCUT2D eigenvalue weighted by Gasteiger charge is -2.27. The Morgan fingerprint density at radius 1 is 1.32 bits per heavy atom. The maximum absolute atomic E-state index is 12.2. The van der Waals surface area contributed by atoms with Crippen molar-refractivity contribution < 1.29 is 9.53 Å². The summed E-state index contributed by atoms with van der Waals surface area (Å²) in [6, 6.07) is 7.16. The second-order valence-electron chi connectivity index (χ2n) is 4.87. The normalized spacial score (nSPS) is 14.6. The number of morpholine rings is 1. The maximum atomic E-state index is 12.2. The number of aromatic nitrogens is 2. The van der Waals surface area contributed by atoms with Gasteiger partial charge in [-0.3, -0.25) is 4.79 Å². The Balaban J connectivity index is 1.69. The molecule has 0 bridgehead atoms. The first-order chi connectivity index (χ1) is 10.7. The summed E-state index contributed by atoms with van der Waals surface area (Å²) in [5.74, 6) is 0.640. The van der Waals surface area contributed by atoms with Crippen LogP contribution in [0.4, 0.5) is 11.5 Å². The molecule has 2 aromatic heterocycles. The molecule has 0 radical (unpaired) electrons. The molecule has 2 N–H and O–H groups in total. The molecule has 1 fully saturated rings. The third-order valence-corrected chi connectivity index (χ3v) is 3.74. The van der Waals surface area contributed by atoms with Crippen LogP contribution in [0.1, 0.15) is 10.4 Å². The Kier molecular flexibility index (Phi) is 4.45. The number of carbonyl (C=O) groups excluding carboxylic acids is 1. The van der Waals surface area contributed by atoms with Gasteiger partial charge in [0, 0.05) is 19.3 Å². The van der Waals surface area contributed by atoms with E-state index in [1.807, 2.05) is 12.1 Å². The largest absolute Gasteiger partial charge is 0.378 e. The quantitative estimate of drug-likeness (QED) is 0.850. The molecule has 7 heteroatoms. The van der Waals surface area contributed by atoms with Crippen molar-refractivity contribution in [3.05, 3.63) is 46.9 Å². The van der Waals surface area contributed by atoms with E-state index in [0.29, 0.717) is 29.1 Å². The van der Waals surface area contributed by atoms with Crippen molar-refractivity contribution in [1.82, 2.24) is 9.97 Å². The van der Waals surface area contributed by atoms with E-state index in [9.17, 15) is 4.79 Å². The van der Waals surface area contributed by atoms with Crippen molar-refractivity contribution in [2.75, 3.05) is 36.5 Å². The van der Waals surface area contributed by atoms with Crippen LogP contribution >= 0.6 is 12.2 Å². The van der Waals surface area contributed by atoms with Crippen LogP contribution in [0.2, 0.25) is 0 Å². The molecule has 0 atom stereocenters. The van der Waals surface area contributed by atoms with E-state index < -0.39 is 0 Å². The highest BCUT2D eigenvalue weighted by Gasteiger charge is 2.13. The summed E-state index contributed by atoms with van der Waals surface area (Å²) in [4.78, 5) is 21.6. The van der Waals surface area contributed by atoms with Crippen LogP contribution in [0.5, 0.6) is 0 Å². The van der Waals surface area contributed by atoms with Crippen LogP contribution in [0.25, 0.3) is 0 Å². The zero-order valence-electron chi connectivity index (χ0n) is 11.9. The van der Waals surface area contributed by atoms with Crippen LogP contribution in [0.15, 0.2) is 36.7 Å². The van der Waals surface area contributed by atoms with Crippen molar-refractivity contribution in [2.45, 2.75) is 0 Å². The van der Waals surface area contributed by atoms with Crippen molar-refractivity contribution >= 4 is 29.6 Å². The number of nitrogens with zero attached hydrogens (tertiary/aromatic N) is 2. The molecule has 3 rings (SSSR count). The first kappa shape index (κ1) is 14.7. The Morgan fingerprint density at radius 3 is 2.82 bits per heavy atom. The maximum Gasteiger partial charge on any atom is 0.258 e. The van der Waals surface area contributed by atoms with Gasteiger partial charge in [0.25, 0.3) is 5.91 Å². The number of ether oxygens (including phenoxy) is 1. The fraction of sp³-hybridized carbons (Fsp3) is 0.267. The Morgan fingerprint density at radius 2 is 2.14 bits per heavy atom. The fourth-order valence-corrected chi connectivity index (χ4v) is 2.47. The predicted molar refractivity (Wildman–Crippen MR) is 86.8 cm³/mol. The van der Waals surface area contributed by atoms with E-state index in [1.54, 1.807) is 24.5 Å². The number of amides is 1. The predicted octanol–water partition coefficient (Wildman–Crippen LogP) is 2.23. The molecule has 0 unspecified atom stereocenters. The second kappa shape index (κ2) is 6.67. The lowest BCUT2D eigenvalue weighted by Crippen LogP contribution is -2.36. The first-order valence-corrected chi connectivity index (χ1v) is 7.43. The van der Waals surface area contributed by atoms with E-state index in [4.69, 9.17) is 17.0 Å². The molecule has 22 heavy (non-hydrogen) atoms. The zero-order chi connectivity index (χ0) is 15.4. The fourth-order valence-electron chi connectivity index (χ4n) is 2.24. The number of carbonyl (C=O) groups is 1. The van der Waals surface area contributed by atoms with Gasteiger partial charge in [0.1, 0.15) is 10.5 Å². The Hall–Kier alpha value is -2.25. The highest BCUT2D eigenvalue weighted by molar-refractivity contribution is 7.71. The molecule has 0 spiro atoms. The van der Waals surface area contributed by atoms with E-state index in [0.717, 1.165) is 18.9 Å². The van der Waals surface area contributed by atoms with Gasteiger partial charge in [-0.05, 0) is 24.3 Å². The molecular weight excluding hydrogens is 300 g/mol. The average Bonchev–Trinajstić information content (AvgIpc) is 2.57. The number of hydrogen-bond donors (Lipinski definition) is 2. The first-order valence-electron chi connectivity index (χ1n) is 7.02. The SMILES string of the molecule is O=C(Nc1ccc(N2CCOCC2)nc1)c1ccc[nH]c1=S. The minimum Gasteiger partial charge on any atom is -0.378 e. The minimum absolute atomic E-state index is 0.247. The number of pyridine rings is 2. The zero-order valence-corrected chi connectivity index (χ0v) is 12.7. The van der Waals surface area contributed by atoms with Crippen LogP contribution in [-0.4, -0.2) is 42.2 Å². The molecule has 114 valence electrons. The number of rotatable bonds is 3. The highest BCUT2D eigenvalue weighted by Crippen LogP contribution is 2.16. The molecule has 1 aliphatic heterocycles. The molecule has 0 aliphatic carbocycles. The molecule has 3 heterocycles. The van der Waals surface area contributed by atoms with Gasteiger partial charge >= 0.3 is 0 Å². The summed E-state index contributed by atoms with van der Waals surface area (Å²) < 4.78 is 5.73. The highest BCUT2D eigenvalue weighted by atomic mass is 32.1. The van der Waals surface area contributed by atoms with Crippen molar-refractivity contribution in [2.24, 2.45) is 0 Å². The Bertz CT molecular complexity index is 708. The van der Waals surface area contributed by atoms with Gasteiger partial charge in [-0.1, -0.05) is 12.2 Å². The van der Waals surface area contributed by atoms with Crippen LogP contribution in [-0.2, 0) is 4.74 Å². The van der Waals surface area contributed by atoms with E-state index >= 15 is 0 Å². The van der Waals surface area contributed by atoms with Crippen molar-refractivity contribution in [3.63, 3.8) is 0 Å². The second-order valence-corrected chi connectivity index (χ2v) is 5.28. The summed E-state index contributed by atoms with van der Waals surface area (Å²) in [6.45, 7) is 3.09. The summed E-state index contributed by atoms with van der Waals surface area (Å²) >= 11 is 5.10. The smallest absolute Gasteiger partial charge is 0.258 e. The van der Waals surface area contributed by atoms with Gasteiger partial charge in [0.2, 0.25) is 0 Å². The number of anilines is 2. The molecule has 0 aromatic carbocycles. The van der Waals surface area contributed by atoms with Gasteiger partial charge < -0.3 is 19.9 Å². The lowest BCUT2D eigenvalue weighted by molar-refractivity contribution is 0.102. The standard InChI is InChI=1S/C15H16N4O2S/c20-14(12-2-1-5-16-15(12)22)18-11-3-4-13(17-10-11)19-6-8-21-9-7-19/h1-5,10H,6-9H2,(H,16,22)(H,18,20). The third-order valence-electron chi connectivity index (χ3n) is 3.40. The molecule has 0 saturated carbocycles. The van der Waals surface area contributed by atoms with Crippen LogP contribution in [0.3, 0.4) is 0 Å². The summed E-state index contributed by atoms with van der Waals surface area (Å²) in [5.41, 5.74) is 1.08. The third kappa shape index (κ3) is 3.32. The van der Waals surface area contributed by atoms with Gasteiger partial charge in [0.15, 0.2) is 0 Å². The number of aromatic amines is 1. The average molecular weight is 316 g/mol. The summed E-state index contributed by atoms with van der Waals surface area (Å²) in [5, 5.41) is 2.80. The van der Waals surface area contributed by atoms with E-state index in [2.05, 4.69) is 20.2 Å². The summed E-state index contributed by atoms with van der Waals surface area (Å²) in [6.07, 6.45) is 3.34. The number of H-pyrrole nitrogens is 1.